The Morgan fingerprint density at radius 2 is 2.04 bits per heavy atom. The lowest BCUT2D eigenvalue weighted by Gasteiger charge is -2.01. The minimum Gasteiger partial charge on any atom is -0.337 e. The van der Waals surface area contributed by atoms with E-state index in [0.717, 1.165) is 28.3 Å². The van der Waals surface area contributed by atoms with Crippen molar-refractivity contribution in [1.82, 2.24) is 19.9 Å². The topological polar surface area (TPSA) is 71.5 Å². The lowest BCUT2D eigenvalue weighted by atomic mass is 10.1. The van der Waals surface area contributed by atoms with E-state index in [9.17, 15) is 4.79 Å². The molecule has 7 heteroatoms. The van der Waals surface area contributed by atoms with Crippen LogP contribution in [0.25, 0.3) is 22.8 Å². The average Bonchev–Trinajstić information content (AvgIpc) is 3.35. The molecule has 0 amide bonds. The third kappa shape index (κ3) is 3.56. The van der Waals surface area contributed by atoms with E-state index in [1.54, 1.807) is 23.3 Å². The van der Waals surface area contributed by atoms with E-state index in [1.807, 2.05) is 36.4 Å². The highest BCUT2D eigenvalue weighted by atomic mass is 35.5. The first-order chi connectivity index (χ1) is 12.7. The summed E-state index contributed by atoms with van der Waals surface area (Å²) in [7, 11) is 0. The van der Waals surface area contributed by atoms with Crippen LogP contribution in [0.3, 0.4) is 0 Å². The van der Waals surface area contributed by atoms with Gasteiger partial charge in [-0.05, 0) is 23.8 Å². The molecule has 0 saturated heterocycles. The van der Waals surface area contributed by atoms with Crippen LogP contribution in [0.2, 0.25) is 5.02 Å². The second-order valence-electron chi connectivity index (χ2n) is 5.68. The van der Waals surface area contributed by atoms with Gasteiger partial charge in [-0.25, -0.2) is 9.97 Å². The van der Waals surface area contributed by atoms with E-state index in [-0.39, 0.29) is 12.2 Å². The van der Waals surface area contributed by atoms with Crippen LogP contribution in [-0.4, -0.2) is 25.7 Å². The molecule has 0 aliphatic heterocycles. The highest BCUT2D eigenvalue weighted by molar-refractivity contribution is 7.07. The molecule has 0 atom stereocenters. The fourth-order valence-corrected chi connectivity index (χ4v) is 3.30. The molecule has 4 aromatic rings. The van der Waals surface area contributed by atoms with Gasteiger partial charge < -0.3 is 4.98 Å². The summed E-state index contributed by atoms with van der Waals surface area (Å²) >= 11 is 7.44. The molecule has 3 heterocycles. The average molecular weight is 381 g/mol. The molecule has 0 fully saturated rings. The summed E-state index contributed by atoms with van der Waals surface area (Å²) in [4.78, 5) is 28.2. The number of hydrogen-bond acceptors (Lipinski definition) is 5. The summed E-state index contributed by atoms with van der Waals surface area (Å²) in [5.74, 6) is 0.720. The lowest BCUT2D eigenvalue weighted by molar-refractivity contribution is 0.0989. The minimum absolute atomic E-state index is 0.00872. The number of aromatic amines is 1. The molecule has 0 unspecified atom stereocenters. The van der Waals surface area contributed by atoms with Crippen LogP contribution in [0.5, 0.6) is 0 Å². The molecular formula is C19H13ClN4OS. The van der Waals surface area contributed by atoms with Gasteiger partial charge in [0.25, 0.3) is 0 Å². The van der Waals surface area contributed by atoms with Gasteiger partial charge >= 0.3 is 0 Å². The first-order valence-electron chi connectivity index (χ1n) is 7.87. The van der Waals surface area contributed by atoms with E-state index in [2.05, 4.69) is 19.9 Å². The molecule has 0 aliphatic rings. The molecule has 1 N–H and O–H groups in total. The molecule has 0 spiro atoms. The van der Waals surface area contributed by atoms with Gasteiger partial charge in [0.2, 0.25) is 0 Å². The number of thiazole rings is 1. The van der Waals surface area contributed by atoms with Gasteiger partial charge in [-0.3, -0.25) is 9.78 Å². The Kier molecular flexibility index (Phi) is 4.60. The fraction of sp³-hybridized carbons (Fsp3) is 0.0526. The summed E-state index contributed by atoms with van der Waals surface area (Å²) in [6.45, 7) is 0. The van der Waals surface area contributed by atoms with Crippen molar-refractivity contribution in [2.45, 2.75) is 6.42 Å². The SMILES string of the molecule is O=C(Cc1ccc(-c2cnc(-c3cccc(Cl)c3)[nH]2)nc1)c1cscn1. The van der Waals surface area contributed by atoms with Gasteiger partial charge in [-0.2, -0.15) is 0 Å². The highest BCUT2D eigenvalue weighted by Gasteiger charge is 2.11. The van der Waals surface area contributed by atoms with Crippen molar-refractivity contribution >= 4 is 28.7 Å². The Balaban J connectivity index is 1.51. The number of halogens is 1. The number of nitrogens with zero attached hydrogens (tertiary/aromatic N) is 3. The van der Waals surface area contributed by atoms with Gasteiger partial charge in [0.1, 0.15) is 11.5 Å². The van der Waals surface area contributed by atoms with Gasteiger partial charge in [0.05, 0.1) is 23.1 Å². The van der Waals surface area contributed by atoms with Crippen molar-refractivity contribution in [1.29, 1.82) is 0 Å². The number of hydrogen-bond donors (Lipinski definition) is 1. The first-order valence-corrected chi connectivity index (χ1v) is 9.19. The molecule has 0 bridgehead atoms. The number of nitrogens with one attached hydrogen (secondary N) is 1. The second kappa shape index (κ2) is 7.19. The standard InChI is InChI=1S/C19H13ClN4OS/c20-14-3-1-2-13(7-14)19-22-9-16(24-19)15-5-4-12(8-21-15)6-18(25)17-10-26-11-23-17/h1-5,7-11H,6H2,(H,22,24). The first kappa shape index (κ1) is 16.6. The van der Waals surface area contributed by atoms with Crippen molar-refractivity contribution in [2.24, 2.45) is 0 Å². The van der Waals surface area contributed by atoms with Crippen molar-refractivity contribution in [3.8, 4) is 22.8 Å². The quantitative estimate of drug-likeness (QED) is 0.510. The summed E-state index contributed by atoms with van der Waals surface area (Å²) in [6, 6.07) is 11.3. The van der Waals surface area contributed by atoms with Gasteiger partial charge in [-0.1, -0.05) is 29.8 Å². The largest absolute Gasteiger partial charge is 0.337 e. The van der Waals surface area contributed by atoms with E-state index in [4.69, 9.17) is 11.6 Å². The number of imidazole rings is 1. The molecule has 0 saturated carbocycles. The van der Waals surface area contributed by atoms with Crippen LogP contribution >= 0.6 is 22.9 Å². The number of ketones is 1. The smallest absolute Gasteiger partial charge is 0.186 e. The zero-order valence-corrected chi connectivity index (χ0v) is 15.1. The zero-order chi connectivity index (χ0) is 17.9. The predicted octanol–water partition coefficient (Wildman–Crippen LogP) is 4.67. The molecule has 5 nitrogen and oxygen atoms in total. The van der Waals surface area contributed by atoms with Crippen molar-refractivity contribution in [3.05, 3.63) is 76.0 Å². The molecule has 0 radical (unpaired) electrons. The lowest BCUT2D eigenvalue weighted by Crippen LogP contribution is -2.04. The van der Waals surface area contributed by atoms with E-state index in [1.165, 1.54) is 11.3 Å². The Bertz CT molecular complexity index is 1040. The van der Waals surface area contributed by atoms with Gasteiger partial charge in [-0.15, -0.1) is 11.3 Å². The van der Waals surface area contributed by atoms with Gasteiger partial charge in [0.15, 0.2) is 5.78 Å². The number of carbonyl (C=O) groups is 1. The molecule has 0 aliphatic carbocycles. The van der Waals surface area contributed by atoms with Crippen LogP contribution in [0.4, 0.5) is 0 Å². The number of H-pyrrole nitrogens is 1. The Labute approximate surface area is 158 Å². The van der Waals surface area contributed by atoms with Crippen LogP contribution in [0.15, 0.2) is 59.7 Å². The van der Waals surface area contributed by atoms with Gasteiger partial charge in [0, 0.05) is 28.6 Å². The summed E-state index contributed by atoms with van der Waals surface area (Å²) in [5, 5.41) is 2.42. The van der Waals surface area contributed by atoms with E-state index >= 15 is 0 Å². The molecule has 4 rings (SSSR count). The van der Waals surface area contributed by atoms with Crippen molar-refractivity contribution in [2.75, 3.05) is 0 Å². The Morgan fingerprint density at radius 3 is 2.77 bits per heavy atom. The monoisotopic (exact) mass is 380 g/mol. The highest BCUT2D eigenvalue weighted by Crippen LogP contribution is 2.23. The number of carbonyl (C=O) groups excluding carboxylic acids is 1. The molecule has 128 valence electrons. The Morgan fingerprint density at radius 1 is 1.12 bits per heavy atom. The number of rotatable bonds is 5. The maximum atomic E-state index is 12.1. The molecule has 3 aromatic heterocycles. The number of pyridine rings is 1. The maximum Gasteiger partial charge on any atom is 0.186 e. The maximum absolute atomic E-state index is 12.1. The molecular weight excluding hydrogens is 368 g/mol. The molecule has 26 heavy (non-hydrogen) atoms. The predicted molar refractivity (Wildman–Crippen MR) is 102 cm³/mol. The van der Waals surface area contributed by atoms with Crippen LogP contribution in [0, 0.1) is 0 Å². The fourth-order valence-electron chi connectivity index (χ4n) is 2.55. The summed E-state index contributed by atoms with van der Waals surface area (Å²) in [6.07, 6.45) is 3.73. The summed E-state index contributed by atoms with van der Waals surface area (Å²) < 4.78 is 0. The third-order valence-corrected chi connectivity index (χ3v) is 4.68. The van der Waals surface area contributed by atoms with Crippen LogP contribution in [-0.2, 0) is 6.42 Å². The van der Waals surface area contributed by atoms with Crippen LogP contribution < -0.4 is 0 Å². The third-order valence-electron chi connectivity index (χ3n) is 3.86. The second-order valence-corrected chi connectivity index (χ2v) is 6.84. The summed E-state index contributed by atoms with van der Waals surface area (Å²) in [5.41, 5.74) is 5.48. The minimum atomic E-state index is -0.00872. The zero-order valence-electron chi connectivity index (χ0n) is 13.5. The molecule has 1 aromatic carbocycles. The van der Waals surface area contributed by atoms with Crippen molar-refractivity contribution in [3.63, 3.8) is 0 Å². The van der Waals surface area contributed by atoms with Crippen molar-refractivity contribution < 1.29 is 4.79 Å². The van der Waals surface area contributed by atoms with E-state index < -0.39 is 0 Å². The van der Waals surface area contributed by atoms with Crippen LogP contribution in [0.1, 0.15) is 16.1 Å². The number of benzene rings is 1. The normalized spacial score (nSPS) is 10.8. The van der Waals surface area contributed by atoms with E-state index in [0.29, 0.717) is 10.7 Å². The number of Topliss-reactive ketones (excluding diaryl/α,β-unsaturated/α-hetero) is 1. The Hall–Kier alpha value is -2.83. The number of aromatic nitrogens is 4.